The summed E-state index contributed by atoms with van der Waals surface area (Å²) < 4.78 is 5.23. The van der Waals surface area contributed by atoms with E-state index in [4.69, 9.17) is 4.74 Å². The maximum absolute atomic E-state index is 13.1. The van der Waals surface area contributed by atoms with Gasteiger partial charge in [0, 0.05) is 12.2 Å². The van der Waals surface area contributed by atoms with Crippen molar-refractivity contribution >= 4 is 17.7 Å². The largest absolute Gasteiger partial charge is 0.497 e. The Morgan fingerprint density at radius 3 is 2.80 bits per heavy atom. The Labute approximate surface area is 177 Å². The number of hydrogen-bond donors (Lipinski definition) is 3. The monoisotopic (exact) mass is 404 g/mol. The van der Waals surface area contributed by atoms with Crippen molar-refractivity contribution in [1.82, 2.24) is 16.0 Å². The van der Waals surface area contributed by atoms with Crippen LogP contribution in [0.25, 0.3) is 6.08 Å². The number of nitrogens with one attached hydrogen (secondary N) is 3. The number of piperidine rings is 1. The molecule has 2 aromatic rings. The second kappa shape index (κ2) is 8.13. The normalized spacial score (nSPS) is 28.2. The van der Waals surface area contributed by atoms with E-state index < -0.39 is 0 Å². The molecule has 30 heavy (non-hydrogen) atoms. The van der Waals surface area contributed by atoms with Gasteiger partial charge in [0.25, 0.3) is 0 Å². The zero-order valence-corrected chi connectivity index (χ0v) is 17.2. The highest BCUT2D eigenvalue weighted by molar-refractivity contribution is 5.82. The molecule has 0 saturated carbocycles. The summed E-state index contributed by atoms with van der Waals surface area (Å²) in [5.41, 5.74) is 3.66. The van der Waals surface area contributed by atoms with E-state index in [0.717, 1.165) is 37.2 Å². The van der Waals surface area contributed by atoms with Crippen LogP contribution in [0.3, 0.4) is 0 Å². The number of methoxy groups -OCH3 is 1. The molecule has 6 nitrogen and oxygen atoms in total. The molecule has 2 aromatic carbocycles. The van der Waals surface area contributed by atoms with Gasteiger partial charge in [-0.2, -0.15) is 0 Å². The number of nitrogens with zero attached hydrogens (tertiary/aromatic N) is 1. The number of anilines is 1. The molecule has 0 spiro atoms. The van der Waals surface area contributed by atoms with Gasteiger partial charge in [0.1, 0.15) is 5.75 Å². The molecule has 0 aliphatic carbocycles. The molecule has 0 radical (unpaired) electrons. The van der Waals surface area contributed by atoms with E-state index in [-0.39, 0.29) is 30.2 Å². The lowest BCUT2D eigenvalue weighted by atomic mass is 9.81. The Bertz CT molecular complexity index is 942. The molecule has 3 N–H and O–H groups in total. The van der Waals surface area contributed by atoms with Crippen LogP contribution in [0.5, 0.6) is 5.75 Å². The number of ether oxygens (including phenoxy) is 1. The molecule has 6 heteroatoms. The maximum atomic E-state index is 13.1. The van der Waals surface area contributed by atoms with Crippen molar-refractivity contribution in [3.63, 3.8) is 0 Å². The van der Waals surface area contributed by atoms with E-state index in [1.54, 1.807) is 7.11 Å². The number of amides is 1. The number of fused-ring (bicyclic) bond motifs is 2. The van der Waals surface area contributed by atoms with Crippen LogP contribution in [0.1, 0.15) is 17.5 Å². The van der Waals surface area contributed by atoms with Crippen molar-refractivity contribution in [2.45, 2.75) is 25.3 Å². The summed E-state index contributed by atoms with van der Waals surface area (Å²) in [6.45, 7) is 1.80. The molecule has 0 aromatic heterocycles. The van der Waals surface area contributed by atoms with Gasteiger partial charge in [-0.1, -0.05) is 42.5 Å². The summed E-state index contributed by atoms with van der Waals surface area (Å²) in [6, 6.07) is 16.4. The molecule has 4 atom stereocenters. The van der Waals surface area contributed by atoms with Gasteiger partial charge in [-0.25, -0.2) is 0 Å². The van der Waals surface area contributed by atoms with Crippen molar-refractivity contribution in [2.24, 2.45) is 11.8 Å². The minimum Gasteiger partial charge on any atom is -0.497 e. The second-order valence-corrected chi connectivity index (χ2v) is 8.19. The zero-order valence-electron chi connectivity index (χ0n) is 17.2. The minimum absolute atomic E-state index is 0.0317. The fraction of sp³-hybridized carbons (Fsp3) is 0.375. The second-order valence-electron chi connectivity index (χ2n) is 8.19. The van der Waals surface area contributed by atoms with Crippen LogP contribution in [0.15, 0.2) is 54.6 Å². The van der Waals surface area contributed by atoms with Crippen LogP contribution in [-0.4, -0.2) is 38.6 Å². The lowest BCUT2D eigenvalue weighted by molar-refractivity contribution is -0.132. The number of rotatable bonds is 4. The van der Waals surface area contributed by atoms with Crippen LogP contribution >= 0.6 is 0 Å². The number of carbonyl (C=O) groups is 1. The highest BCUT2D eigenvalue weighted by Crippen LogP contribution is 2.32. The SMILES string of the molecule is COc1ccc(/C=C/C2CCNC3NC(N4CCc5ccccc54)NC(=O)C23)cc1. The third kappa shape index (κ3) is 3.57. The fourth-order valence-corrected chi connectivity index (χ4v) is 4.88. The van der Waals surface area contributed by atoms with E-state index in [1.807, 2.05) is 24.3 Å². The van der Waals surface area contributed by atoms with Crippen molar-refractivity contribution in [3.8, 4) is 5.75 Å². The zero-order chi connectivity index (χ0) is 20.5. The molecule has 5 rings (SSSR count). The molecular weight excluding hydrogens is 376 g/mol. The van der Waals surface area contributed by atoms with Crippen LogP contribution in [0.2, 0.25) is 0 Å². The number of para-hydroxylation sites is 1. The summed E-state index contributed by atoms with van der Waals surface area (Å²) in [6.07, 6.45) is 6.05. The summed E-state index contributed by atoms with van der Waals surface area (Å²) in [5, 5.41) is 10.4. The summed E-state index contributed by atoms with van der Waals surface area (Å²) >= 11 is 0. The molecule has 2 fully saturated rings. The molecular formula is C24H28N4O2. The Balaban J connectivity index is 1.30. The Hall–Kier alpha value is -2.83. The standard InChI is InChI=1S/C24H28N4O2/c1-30-19-10-7-16(8-11-19)6-9-18-12-14-25-22-21(18)23(29)27-24(26-22)28-15-13-17-4-2-3-5-20(17)28/h2-11,18,21-22,24-26H,12-15H2,1H3,(H,27,29)/b9-6+. The minimum atomic E-state index is -0.181. The first-order valence-corrected chi connectivity index (χ1v) is 10.7. The number of hydrogen-bond acceptors (Lipinski definition) is 5. The number of benzene rings is 2. The lowest BCUT2D eigenvalue weighted by Crippen LogP contribution is -2.72. The van der Waals surface area contributed by atoms with E-state index >= 15 is 0 Å². The van der Waals surface area contributed by atoms with Crippen LogP contribution in [-0.2, 0) is 11.2 Å². The molecule has 1 amide bonds. The topological polar surface area (TPSA) is 65.6 Å². The third-order valence-corrected chi connectivity index (χ3v) is 6.47. The van der Waals surface area contributed by atoms with Gasteiger partial charge in [0.05, 0.1) is 19.2 Å². The fourth-order valence-electron chi connectivity index (χ4n) is 4.88. The first-order valence-electron chi connectivity index (χ1n) is 10.7. The molecule has 156 valence electrons. The van der Waals surface area contributed by atoms with Crippen molar-refractivity contribution < 1.29 is 9.53 Å². The molecule has 3 heterocycles. The molecule has 3 aliphatic rings. The highest BCUT2D eigenvalue weighted by atomic mass is 16.5. The molecule has 3 aliphatic heterocycles. The summed E-state index contributed by atoms with van der Waals surface area (Å²) in [5.74, 6) is 1.03. The van der Waals surface area contributed by atoms with E-state index in [2.05, 4.69) is 57.3 Å². The van der Waals surface area contributed by atoms with Crippen LogP contribution in [0.4, 0.5) is 5.69 Å². The van der Waals surface area contributed by atoms with Crippen molar-refractivity contribution in [3.05, 3.63) is 65.7 Å². The first-order chi connectivity index (χ1) is 14.7. The smallest absolute Gasteiger partial charge is 0.229 e. The Kier molecular flexibility index (Phi) is 5.19. The van der Waals surface area contributed by atoms with Gasteiger partial charge >= 0.3 is 0 Å². The number of carbonyl (C=O) groups excluding carboxylic acids is 1. The van der Waals surface area contributed by atoms with E-state index in [9.17, 15) is 4.79 Å². The Morgan fingerprint density at radius 1 is 1.13 bits per heavy atom. The van der Waals surface area contributed by atoms with Gasteiger partial charge in [0.2, 0.25) is 5.91 Å². The van der Waals surface area contributed by atoms with Gasteiger partial charge < -0.3 is 20.3 Å². The van der Waals surface area contributed by atoms with Gasteiger partial charge in [-0.15, -0.1) is 0 Å². The molecule has 2 saturated heterocycles. The van der Waals surface area contributed by atoms with Crippen LogP contribution in [0, 0.1) is 11.8 Å². The first kappa shape index (κ1) is 19.2. The molecule has 4 unspecified atom stereocenters. The average molecular weight is 405 g/mol. The molecule has 0 bridgehead atoms. The van der Waals surface area contributed by atoms with Gasteiger partial charge in [0.15, 0.2) is 6.29 Å². The van der Waals surface area contributed by atoms with E-state index in [1.165, 1.54) is 11.3 Å². The Morgan fingerprint density at radius 2 is 1.97 bits per heavy atom. The van der Waals surface area contributed by atoms with Crippen molar-refractivity contribution in [2.75, 3.05) is 25.1 Å². The third-order valence-electron chi connectivity index (χ3n) is 6.47. The maximum Gasteiger partial charge on any atom is 0.229 e. The predicted molar refractivity (Wildman–Crippen MR) is 118 cm³/mol. The quantitative estimate of drug-likeness (QED) is 0.730. The lowest BCUT2D eigenvalue weighted by Gasteiger charge is -2.46. The number of allylic oxidation sites excluding steroid dienone is 1. The van der Waals surface area contributed by atoms with E-state index in [0.29, 0.717) is 0 Å². The summed E-state index contributed by atoms with van der Waals surface area (Å²) in [4.78, 5) is 15.4. The van der Waals surface area contributed by atoms with Gasteiger partial charge in [-0.3, -0.25) is 10.1 Å². The van der Waals surface area contributed by atoms with Gasteiger partial charge in [-0.05, 0) is 54.6 Å². The average Bonchev–Trinajstić information content (AvgIpc) is 3.22. The summed E-state index contributed by atoms with van der Waals surface area (Å²) in [7, 11) is 1.67. The highest BCUT2D eigenvalue weighted by Gasteiger charge is 2.44. The predicted octanol–water partition coefficient (Wildman–Crippen LogP) is 2.33. The van der Waals surface area contributed by atoms with Crippen LogP contribution < -0.4 is 25.6 Å². The van der Waals surface area contributed by atoms with Crippen molar-refractivity contribution in [1.29, 1.82) is 0 Å².